The molecule has 150 valence electrons. The van der Waals surface area contributed by atoms with Crippen LogP contribution in [-0.2, 0) is 10.5 Å². The Morgan fingerprint density at radius 1 is 0.967 bits per heavy atom. The molecule has 4 rings (SSSR count). The number of anilines is 2. The molecule has 2 amide bonds. The average molecular weight is 417 g/mol. The van der Waals surface area contributed by atoms with Crippen molar-refractivity contribution >= 4 is 40.6 Å². The van der Waals surface area contributed by atoms with Crippen LogP contribution in [0.2, 0.25) is 0 Å². The van der Waals surface area contributed by atoms with E-state index in [1.165, 1.54) is 6.92 Å². The number of pyridine rings is 1. The molecule has 0 atom stereocenters. The summed E-state index contributed by atoms with van der Waals surface area (Å²) < 4.78 is 2.00. The monoisotopic (exact) mass is 416 g/mol. The number of nitrogens with zero attached hydrogens (tertiary/aromatic N) is 2. The van der Waals surface area contributed by atoms with E-state index in [1.807, 2.05) is 47.1 Å². The van der Waals surface area contributed by atoms with Gasteiger partial charge in [0, 0.05) is 46.9 Å². The molecular formula is C23H20N4O2S. The number of aromatic nitrogens is 2. The lowest BCUT2D eigenvalue weighted by Gasteiger charge is -2.08. The number of rotatable bonds is 6. The third-order valence-electron chi connectivity index (χ3n) is 4.36. The minimum atomic E-state index is -0.202. The maximum Gasteiger partial charge on any atom is 0.255 e. The topological polar surface area (TPSA) is 75.5 Å². The van der Waals surface area contributed by atoms with Gasteiger partial charge in [0.05, 0.1) is 5.69 Å². The highest BCUT2D eigenvalue weighted by molar-refractivity contribution is 7.98. The molecule has 0 bridgehead atoms. The number of hydrogen-bond donors (Lipinski definition) is 2. The molecule has 2 aromatic heterocycles. The normalized spacial score (nSPS) is 10.7. The minimum absolute atomic E-state index is 0.157. The van der Waals surface area contributed by atoms with E-state index in [1.54, 1.807) is 48.2 Å². The second-order valence-corrected chi connectivity index (χ2v) is 7.78. The van der Waals surface area contributed by atoms with Crippen molar-refractivity contribution in [2.75, 3.05) is 10.6 Å². The Balaban J connectivity index is 1.36. The zero-order chi connectivity index (χ0) is 20.9. The zero-order valence-electron chi connectivity index (χ0n) is 16.3. The summed E-state index contributed by atoms with van der Waals surface area (Å²) in [6.07, 6.45) is 4.01. The zero-order valence-corrected chi connectivity index (χ0v) is 17.1. The molecular weight excluding hydrogens is 396 g/mol. The van der Waals surface area contributed by atoms with E-state index < -0.39 is 0 Å². The molecule has 0 spiro atoms. The SMILES string of the molecule is CC(=O)Nc1cccc(NC(=O)c2ccc(SCc3cn4ccccc4n3)cc2)c1. The Bertz CT molecular complexity index is 1170. The van der Waals surface area contributed by atoms with Gasteiger partial charge in [-0.05, 0) is 54.6 Å². The van der Waals surface area contributed by atoms with Crippen molar-refractivity contribution in [3.8, 4) is 0 Å². The molecule has 2 N–H and O–H groups in total. The van der Waals surface area contributed by atoms with Crippen LogP contribution in [0.1, 0.15) is 23.0 Å². The van der Waals surface area contributed by atoms with Gasteiger partial charge in [-0.25, -0.2) is 4.98 Å². The molecule has 0 radical (unpaired) electrons. The first-order chi connectivity index (χ1) is 14.6. The predicted octanol–water partition coefficient (Wildman–Crippen LogP) is 4.84. The molecule has 0 saturated carbocycles. The van der Waals surface area contributed by atoms with Crippen LogP contribution in [0.15, 0.2) is 84.0 Å². The molecule has 0 aliphatic carbocycles. The second kappa shape index (κ2) is 8.84. The average Bonchev–Trinajstić information content (AvgIpc) is 3.15. The lowest BCUT2D eigenvalue weighted by molar-refractivity contribution is -0.114. The number of thioether (sulfide) groups is 1. The van der Waals surface area contributed by atoms with E-state index in [4.69, 9.17) is 0 Å². The van der Waals surface area contributed by atoms with Gasteiger partial charge in [-0.1, -0.05) is 12.1 Å². The number of carbonyl (C=O) groups excluding carboxylic acids is 2. The summed E-state index contributed by atoms with van der Waals surface area (Å²) in [6.45, 7) is 1.44. The number of benzene rings is 2. The largest absolute Gasteiger partial charge is 0.326 e. The fraction of sp³-hybridized carbons (Fsp3) is 0.0870. The lowest BCUT2D eigenvalue weighted by atomic mass is 10.2. The number of amides is 2. The Morgan fingerprint density at radius 3 is 2.47 bits per heavy atom. The molecule has 0 saturated heterocycles. The van der Waals surface area contributed by atoms with Crippen LogP contribution in [-0.4, -0.2) is 21.2 Å². The van der Waals surface area contributed by atoms with Crippen molar-refractivity contribution in [1.29, 1.82) is 0 Å². The van der Waals surface area contributed by atoms with E-state index in [9.17, 15) is 9.59 Å². The maximum absolute atomic E-state index is 12.5. The van der Waals surface area contributed by atoms with Crippen LogP contribution < -0.4 is 10.6 Å². The van der Waals surface area contributed by atoms with Gasteiger partial charge in [0.2, 0.25) is 5.91 Å². The molecule has 2 aromatic carbocycles. The summed E-state index contributed by atoms with van der Waals surface area (Å²) >= 11 is 1.67. The molecule has 7 heteroatoms. The molecule has 0 unspecified atom stereocenters. The van der Waals surface area contributed by atoms with E-state index in [2.05, 4.69) is 15.6 Å². The van der Waals surface area contributed by atoms with Crippen LogP contribution in [0.4, 0.5) is 11.4 Å². The van der Waals surface area contributed by atoms with Gasteiger partial charge >= 0.3 is 0 Å². The Kier molecular flexibility index (Phi) is 5.81. The number of nitrogens with one attached hydrogen (secondary N) is 2. The molecule has 4 aromatic rings. The first-order valence-corrected chi connectivity index (χ1v) is 10.4. The van der Waals surface area contributed by atoms with Crippen molar-refractivity contribution < 1.29 is 9.59 Å². The summed E-state index contributed by atoms with van der Waals surface area (Å²) in [5, 5.41) is 5.56. The summed E-state index contributed by atoms with van der Waals surface area (Å²) in [5.41, 5.74) is 3.77. The van der Waals surface area contributed by atoms with E-state index in [0.29, 0.717) is 16.9 Å². The highest BCUT2D eigenvalue weighted by atomic mass is 32.2. The third-order valence-corrected chi connectivity index (χ3v) is 5.40. The Morgan fingerprint density at radius 2 is 1.73 bits per heavy atom. The number of fused-ring (bicyclic) bond motifs is 1. The number of hydrogen-bond acceptors (Lipinski definition) is 4. The van der Waals surface area contributed by atoms with Gasteiger partial charge in [0.25, 0.3) is 5.91 Å². The summed E-state index contributed by atoms with van der Waals surface area (Å²) in [6, 6.07) is 20.5. The van der Waals surface area contributed by atoms with Gasteiger partial charge in [-0.2, -0.15) is 0 Å². The van der Waals surface area contributed by atoms with Crippen molar-refractivity contribution in [1.82, 2.24) is 9.38 Å². The lowest BCUT2D eigenvalue weighted by Crippen LogP contribution is -2.12. The van der Waals surface area contributed by atoms with Crippen LogP contribution in [0.25, 0.3) is 5.65 Å². The smallest absolute Gasteiger partial charge is 0.255 e. The van der Waals surface area contributed by atoms with Crippen LogP contribution in [0.5, 0.6) is 0 Å². The Labute approximate surface area is 178 Å². The van der Waals surface area contributed by atoms with Crippen LogP contribution in [0, 0.1) is 0 Å². The van der Waals surface area contributed by atoms with Crippen molar-refractivity contribution in [3.63, 3.8) is 0 Å². The summed E-state index contributed by atoms with van der Waals surface area (Å²) in [5.74, 6) is 0.394. The highest BCUT2D eigenvalue weighted by Gasteiger charge is 2.08. The van der Waals surface area contributed by atoms with Gasteiger partial charge in [0.1, 0.15) is 5.65 Å². The van der Waals surface area contributed by atoms with Crippen molar-refractivity contribution in [3.05, 3.63) is 90.4 Å². The van der Waals surface area contributed by atoms with Crippen LogP contribution >= 0.6 is 11.8 Å². The summed E-state index contributed by atoms with van der Waals surface area (Å²) in [4.78, 5) is 29.4. The second-order valence-electron chi connectivity index (χ2n) is 6.73. The number of carbonyl (C=O) groups is 2. The fourth-order valence-corrected chi connectivity index (χ4v) is 3.78. The van der Waals surface area contributed by atoms with Crippen molar-refractivity contribution in [2.45, 2.75) is 17.6 Å². The van der Waals surface area contributed by atoms with E-state index in [0.717, 1.165) is 22.0 Å². The quantitative estimate of drug-likeness (QED) is 0.441. The molecule has 2 heterocycles. The van der Waals surface area contributed by atoms with Gasteiger partial charge in [-0.3, -0.25) is 9.59 Å². The summed E-state index contributed by atoms with van der Waals surface area (Å²) in [7, 11) is 0. The third kappa shape index (κ3) is 4.87. The standard InChI is InChI=1S/C23H20N4O2S/c1-16(28)24-18-5-4-6-19(13-18)26-23(29)17-8-10-21(11-9-17)30-15-20-14-27-12-3-2-7-22(27)25-20/h2-14H,15H2,1H3,(H,24,28)(H,26,29). The molecule has 0 aliphatic rings. The first-order valence-electron chi connectivity index (χ1n) is 9.41. The maximum atomic E-state index is 12.5. The van der Waals surface area contributed by atoms with Crippen LogP contribution in [0.3, 0.4) is 0 Å². The van der Waals surface area contributed by atoms with Crippen molar-refractivity contribution in [2.24, 2.45) is 0 Å². The van der Waals surface area contributed by atoms with Gasteiger partial charge < -0.3 is 15.0 Å². The van der Waals surface area contributed by atoms with Gasteiger partial charge in [-0.15, -0.1) is 11.8 Å². The molecule has 30 heavy (non-hydrogen) atoms. The molecule has 0 fully saturated rings. The molecule has 6 nitrogen and oxygen atoms in total. The Hall–Kier alpha value is -3.58. The highest BCUT2D eigenvalue weighted by Crippen LogP contribution is 2.23. The van der Waals surface area contributed by atoms with E-state index in [-0.39, 0.29) is 11.8 Å². The predicted molar refractivity (Wildman–Crippen MR) is 120 cm³/mol. The fourth-order valence-electron chi connectivity index (χ4n) is 3.00. The minimum Gasteiger partial charge on any atom is -0.326 e. The van der Waals surface area contributed by atoms with Gasteiger partial charge in [0.15, 0.2) is 0 Å². The first kappa shape index (κ1) is 19.7. The number of imidazole rings is 1. The molecule has 0 aliphatic heterocycles. The van der Waals surface area contributed by atoms with E-state index >= 15 is 0 Å².